The number of thiazole rings is 1. The molecule has 0 aliphatic carbocycles. The maximum atomic E-state index is 11.1. The zero-order valence-corrected chi connectivity index (χ0v) is 13.0. The molecule has 3 nitrogen and oxygen atoms in total. The molecule has 0 amide bonds. The highest BCUT2D eigenvalue weighted by molar-refractivity contribution is 7.22. The van der Waals surface area contributed by atoms with Crippen LogP contribution in [0.1, 0.15) is 12.5 Å². The number of benzene rings is 2. The summed E-state index contributed by atoms with van der Waals surface area (Å²) in [5.41, 5.74) is 2.68. The second kappa shape index (κ2) is 5.84. The van der Waals surface area contributed by atoms with Gasteiger partial charge in [0.1, 0.15) is 5.78 Å². The molecule has 0 spiro atoms. The van der Waals surface area contributed by atoms with Gasteiger partial charge >= 0.3 is 0 Å². The second-order valence-electron chi connectivity index (χ2n) is 4.80. The molecule has 3 aromatic rings. The van der Waals surface area contributed by atoms with E-state index in [0.29, 0.717) is 11.4 Å². The van der Waals surface area contributed by atoms with Gasteiger partial charge in [0.2, 0.25) is 0 Å². The molecule has 5 heteroatoms. The fourth-order valence-corrected chi connectivity index (χ4v) is 3.23. The third kappa shape index (κ3) is 3.23. The van der Waals surface area contributed by atoms with Gasteiger partial charge in [0.25, 0.3) is 0 Å². The number of halogens is 1. The molecule has 0 saturated heterocycles. The fourth-order valence-electron chi connectivity index (χ4n) is 2.10. The van der Waals surface area contributed by atoms with Crippen LogP contribution in [-0.2, 0) is 11.2 Å². The van der Waals surface area contributed by atoms with Crippen molar-refractivity contribution in [1.82, 2.24) is 4.98 Å². The average molecular weight is 317 g/mol. The predicted octanol–water partition coefficient (Wildman–Crippen LogP) is 4.82. The lowest BCUT2D eigenvalue weighted by atomic mass is 10.1. The molecule has 106 valence electrons. The minimum absolute atomic E-state index is 0.123. The summed E-state index contributed by atoms with van der Waals surface area (Å²) in [4.78, 5) is 15.6. The van der Waals surface area contributed by atoms with Crippen LogP contribution in [0.3, 0.4) is 0 Å². The molecule has 0 saturated carbocycles. The highest BCUT2D eigenvalue weighted by Crippen LogP contribution is 2.31. The van der Waals surface area contributed by atoms with Crippen molar-refractivity contribution in [3.05, 3.63) is 53.1 Å². The first-order valence-corrected chi connectivity index (χ1v) is 7.72. The van der Waals surface area contributed by atoms with Crippen LogP contribution in [0.25, 0.3) is 10.2 Å². The van der Waals surface area contributed by atoms with Crippen LogP contribution in [0.2, 0.25) is 5.02 Å². The summed E-state index contributed by atoms with van der Waals surface area (Å²) >= 11 is 7.85. The van der Waals surface area contributed by atoms with Crippen molar-refractivity contribution >= 4 is 49.8 Å². The molecular weight excluding hydrogens is 304 g/mol. The van der Waals surface area contributed by atoms with E-state index in [1.165, 1.54) is 0 Å². The number of rotatable bonds is 4. The van der Waals surface area contributed by atoms with Gasteiger partial charge in [-0.25, -0.2) is 4.98 Å². The van der Waals surface area contributed by atoms with Crippen LogP contribution in [0.4, 0.5) is 10.8 Å². The molecule has 1 aromatic heterocycles. The number of hydrogen-bond acceptors (Lipinski definition) is 4. The van der Waals surface area contributed by atoms with Crippen molar-refractivity contribution < 1.29 is 4.79 Å². The Morgan fingerprint density at radius 2 is 2.10 bits per heavy atom. The monoisotopic (exact) mass is 316 g/mol. The first-order chi connectivity index (χ1) is 10.1. The van der Waals surface area contributed by atoms with Crippen LogP contribution in [0.5, 0.6) is 0 Å². The lowest BCUT2D eigenvalue weighted by Crippen LogP contribution is -1.97. The average Bonchev–Trinajstić information content (AvgIpc) is 2.83. The maximum absolute atomic E-state index is 11.1. The Hall–Kier alpha value is -1.91. The van der Waals surface area contributed by atoms with Gasteiger partial charge in [-0.3, -0.25) is 4.79 Å². The number of carbonyl (C=O) groups excluding carboxylic acids is 1. The summed E-state index contributed by atoms with van der Waals surface area (Å²) in [5, 5.41) is 4.63. The number of aromatic nitrogens is 1. The van der Waals surface area contributed by atoms with Gasteiger partial charge in [0, 0.05) is 6.42 Å². The van der Waals surface area contributed by atoms with Gasteiger partial charge in [-0.1, -0.05) is 41.1 Å². The van der Waals surface area contributed by atoms with E-state index in [0.717, 1.165) is 26.6 Å². The molecule has 0 unspecified atom stereocenters. The van der Waals surface area contributed by atoms with Gasteiger partial charge in [-0.2, -0.15) is 0 Å². The van der Waals surface area contributed by atoms with E-state index >= 15 is 0 Å². The van der Waals surface area contributed by atoms with Gasteiger partial charge in [0.05, 0.1) is 20.9 Å². The first kappa shape index (κ1) is 14.0. The van der Waals surface area contributed by atoms with E-state index in [4.69, 9.17) is 11.6 Å². The van der Waals surface area contributed by atoms with Gasteiger partial charge in [-0.15, -0.1) is 0 Å². The third-order valence-electron chi connectivity index (χ3n) is 3.02. The number of ketones is 1. The van der Waals surface area contributed by atoms with Gasteiger partial charge in [0.15, 0.2) is 5.13 Å². The number of carbonyl (C=O) groups is 1. The zero-order chi connectivity index (χ0) is 14.8. The zero-order valence-electron chi connectivity index (χ0n) is 11.4. The Kier molecular flexibility index (Phi) is 3.90. The molecule has 0 bridgehead atoms. The Bertz CT molecular complexity index is 780. The second-order valence-corrected chi connectivity index (χ2v) is 6.24. The summed E-state index contributed by atoms with van der Waals surface area (Å²) in [6, 6.07) is 13.6. The summed E-state index contributed by atoms with van der Waals surface area (Å²) in [6.07, 6.45) is 0.404. The number of nitrogens with zero attached hydrogens (tertiary/aromatic N) is 1. The molecular formula is C16H13ClN2OS. The maximum Gasteiger partial charge on any atom is 0.188 e. The normalized spacial score (nSPS) is 10.8. The topological polar surface area (TPSA) is 42.0 Å². The van der Waals surface area contributed by atoms with Crippen LogP contribution in [0.15, 0.2) is 42.5 Å². The Balaban J connectivity index is 1.85. The molecule has 0 fully saturated rings. The molecule has 0 atom stereocenters. The minimum atomic E-state index is 0.123. The highest BCUT2D eigenvalue weighted by atomic mass is 35.5. The first-order valence-electron chi connectivity index (χ1n) is 6.52. The van der Waals surface area contributed by atoms with Crippen molar-refractivity contribution in [2.24, 2.45) is 0 Å². The van der Waals surface area contributed by atoms with Crippen LogP contribution in [0, 0.1) is 0 Å². The fraction of sp³-hybridized carbons (Fsp3) is 0.125. The summed E-state index contributed by atoms with van der Waals surface area (Å²) < 4.78 is 1.13. The van der Waals surface area contributed by atoms with Crippen molar-refractivity contribution in [3.8, 4) is 0 Å². The Morgan fingerprint density at radius 3 is 2.81 bits per heavy atom. The Morgan fingerprint density at radius 1 is 1.29 bits per heavy atom. The number of hydrogen-bond donors (Lipinski definition) is 1. The SMILES string of the molecule is CC(=O)Cc1ccc(Nc2nc3ccccc3s2)c(Cl)c1. The smallest absolute Gasteiger partial charge is 0.188 e. The number of fused-ring (bicyclic) bond motifs is 1. The highest BCUT2D eigenvalue weighted by Gasteiger charge is 2.07. The molecule has 2 aromatic carbocycles. The van der Waals surface area contributed by atoms with Crippen molar-refractivity contribution in [1.29, 1.82) is 0 Å². The van der Waals surface area contributed by atoms with Crippen LogP contribution in [-0.4, -0.2) is 10.8 Å². The van der Waals surface area contributed by atoms with Crippen molar-refractivity contribution in [2.45, 2.75) is 13.3 Å². The van der Waals surface area contributed by atoms with Crippen LogP contribution < -0.4 is 5.32 Å². The lowest BCUT2D eigenvalue weighted by Gasteiger charge is -2.07. The quantitative estimate of drug-likeness (QED) is 0.750. The molecule has 1 N–H and O–H groups in total. The van der Waals surface area contributed by atoms with Crippen molar-refractivity contribution in [2.75, 3.05) is 5.32 Å². The summed E-state index contributed by atoms with van der Waals surface area (Å²) in [6.45, 7) is 1.57. The van der Waals surface area contributed by atoms with Gasteiger partial charge in [-0.05, 0) is 36.8 Å². The number of anilines is 2. The van der Waals surface area contributed by atoms with E-state index in [1.807, 2.05) is 42.5 Å². The van der Waals surface area contributed by atoms with Gasteiger partial charge < -0.3 is 5.32 Å². The molecule has 21 heavy (non-hydrogen) atoms. The largest absolute Gasteiger partial charge is 0.330 e. The van der Waals surface area contributed by atoms with E-state index < -0.39 is 0 Å². The van der Waals surface area contributed by atoms with Crippen LogP contribution >= 0.6 is 22.9 Å². The minimum Gasteiger partial charge on any atom is -0.330 e. The van der Waals surface area contributed by atoms with E-state index in [-0.39, 0.29) is 5.78 Å². The summed E-state index contributed by atoms with van der Waals surface area (Å²) in [7, 11) is 0. The number of para-hydroxylation sites is 1. The van der Waals surface area contributed by atoms with E-state index in [2.05, 4.69) is 10.3 Å². The number of Topliss-reactive ketones (excluding diaryl/α,β-unsaturated/α-hetero) is 1. The Labute approximate surface area is 131 Å². The van der Waals surface area contributed by atoms with E-state index in [9.17, 15) is 4.79 Å². The molecule has 0 aliphatic rings. The summed E-state index contributed by atoms with van der Waals surface area (Å²) in [5.74, 6) is 0.123. The standard InChI is InChI=1S/C16H13ClN2OS/c1-10(20)8-11-6-7-13(12(17)9-11)18-16-19-14-4-2-3-5-15(14)21-16/h2-7,9H,8H2,1H3,(H,18,19). The molecule has 0 aliphatic heterocycles. The van der Waals surface area contributed by atoms with Crippen molar-refractivity contribution in [3.63, 3.8) is 0 Å². The molecule has 1 heterocycles. The predicted molar refractivity (Wildman–Crippen MR) is 88.7 cm³/mol. The number of nitrogens with one attached hydrogen (secondary N) is 1. The van der Waals surface area contributed by atoms with E-state index in [1.54, 1.807) is 18.3 Å². The lowest BCUT2D eigenvalue weighted by molar-refractivity contribution is -0.116. The molecule has 3 rings (SSSR count). The molecule has 0 radical (unpaired) electrons. The third-order valence-corrected chi connectivity index (χ3v) is 4.29.